The predicted molar refractivity (Wildman–Crippen MR) is 62.6 cm³/mol. The van der Waals surface area contributed by atoms with Gasteiger partial charge in [-0.15, -0.1) is 9.90 Å². The van der Waals surface area contributed by atoms with E-state index in [-0.39, 0.29) is 11.2 Å². The standard InChI is InChI=1S/C12H13N5/c1-12(2,3)9-4-6-10(7-5-9)17-15-11(8-13)14-16-17/h4-7H,1-3H3. The topological polar surface area (TPSA) is 67.4 Å². The van der Waals surface area contributed by atoms with Crippen molar-refractivity contribution < 1.29 is 0 Å². The van der Waals surface area contributed by atoms with Crippen LogP contribution in [-0.4, -0.2) is 20.2 Å². The molecule has 0 saturated heterocycles. The van der Waals surface area contributed by atoms with Crippen molar-refractivity contribution in [2.45, 2.75) is 26.2 Å². The molecule has 0 amide bonds. The highest BCUT2D eigenvalue weighted by atomic mass is 15.6. The summed E-state index contributed by atoms with van der Waals surface area (Å²) < 4.78 is 0. The molecule has 2 aromatic rings. The maximum absolute atomic E-state index is 8.62. The number of nitrogens with zero attached hydrogens (tertiary/aromatic N) is 5. The molecule has 5 nitrogen and oxygen atoms in total. The number of hydrogen-bond acceptors (Lipinski definition) is 4. The van der Waals surface area contributed by atoms with Crippen molar-refractivity contribution in [1.82, 2.24) is 20.2 Å². The van der Waals surface area contributed by atoms with Gasteiger partial charge in [0.2, 0.25) is 0 Å². The summed E-state index contributed by atoms with van der Waals surface area (Å²) in [6.45, 7) is 6.47. The fourth-order valence-corrected chi connectivity index (χ4v) is 1.46. The lowest BCUT2D eigenvalue weighted by atomic mass is 9.87. The Balaban J connectivity index is 2.33. The van der Waals surface area contributed by atoms with Gasteiger partial charge in [0.25, 0.3) is 5.82 Å². The Kier molecular flexibility index (Phi) is 2.64. The van der Waals surface area contributed by atoms with E-state index < -0.39 is 0 Å². The van der Waals surface area contributed by atoms with Crippen LogP contribution in [0.2, 0.25) is 0 Å². The normalized spacial score (nSPS) is 11.2. The first kappa shape index (κ1) is 11.3. The maximum atomic E-state index is 8.62. The fourth-order valence-electron chi connectivity index (χ4n) is 1.46. The predicted octanol–water partition coefficient (Wildman–Crippen LogP) is 1.83. The van der Waals surface area contributed by atoms with Crippen LogP contribution in [0.15, 0.2) is 24.3 Å². The molecule has 0 bridgehead atoms. The van der Waals surface area contributed by atoms with E-state index in [9.17, 15) is 0 Å². The van der Waals surface area contributed by atoms with Crippen LogP contribution >= 0.6 is 0 Å². The number of nitriles is 1. The fraction of sp³-hybridized carbons (Fsp3) is 0.333. The zero-order valence-electron chi connectivity index (χ0n) is 10.0. The molecule has 17 heavy (non-hydrogen) atoms. The van der Waals surface area contributed by atoms with E-state index in [1.54, 1.807) is 0 Å². The molecule has 0 aliphatic rings. The molecule has 0 N–H and O–H groups in total. The largest absolute Gasteiger partial charge is 0.274 e. The van der Waals surface area contributed by atoms with Gasteiger partial charge in [-0.05, 0) is 28.3 Å². The summed E-state index contributed by atoms with van der Waals surface area (Å²) in [4.78, 5) is 1.35. The second-order valence-electron chi connectivity index (χ2n) is 4.81. The second kappa shape index (κ2) is 3.98. The van der Waals surface area contributed by atoms with E-state index >= 15 is 0 Å². The molecule has 0 atom stereocenters. The smallest absolute Gasteiger partial charge is 0.189 e. The third kappa shape index (κ3) is 2.31. The Morgan fingerprint density at radius 3 is 2.29 bits per heavy atom. The molecule has 0 aliphatic heterocycles. The zero-order chi connectivity index (χ0) is 12.5. The van der Waals surface area contributed by atoms with Crippen molar-refractivity contribution in [3.63, 3.8) is 0 Å². The zero-order valence-corrected chi connectivity index (χ0v) is 10.0. The van der Waals surface area contributed by atoms with Crippen molar-refractivity contribution in [3.05, 3.63) is 35.7 Å². The third-order valence-corrected chi connectivity index (χ3v) is 2.48. The molecule has 5 heteroatoms. The highest BCUT2D eigenvalue weighted by Gasteiger charge is 2.13. The van der Waals surface area contributed by atoms with Gasteiger partial charge in [0.15, 0.2) is 0 Å². The molecule has 2 rings (SSSR count). The Labute approximate surface area is 99.7 Å². The van der Waals surface area contributed by atoms with Crippen molar-refractivity contribution in [2.24, 2.45) is 0 Å². The summed E-state index contributed by atoms with van der Waals surface area (Å²) in [5.41, 5.74) is 2.15. The average Bonchev–Trinajstić information content (AvgIpc) is 2.76. The lowest BCUT2D eigenvalue weighted by Gasteiger charge is -2.18. The van der Waals surface area contributed by atoms with E-state index in [4.69, 9.17) is 5.26 Å². The highest BCUT2D eigenvalue weighted by Crippen LogP contribution is 2.22. The van der Waals surface area contributed by atoms with Gasteiger partial charge in [-0.25, -0.2) is 0 Å². The van der Waals surface area contributed by atoms with Crippen molar-refractivity contribution in [3.8, 4) is 11.8 Å². The molecular formula is C12H13N5. The molecule has 1 heterocycles. The Morgan fingerprint density at radius 1 is 1.18 bits per heavy atom. The van der Waals surface area contributed by atoms with Crippen LogP contribution < -0.4 is 0 Å². The summed E-state index contributed by atoms with van der Waals surface area (Å²) in [7, 11) is 0. The minimum absolute atomic E-state index is 0.0740. The lowest BCUT2D eigenvalue weighted by molar-refractivity contribution is 0.589. The molecular weight excluding hydrogens is 214 g/mol. The van der Waals surface area contributed by atoms with Gasteiger partial charge in [-0.3, -0.25) is 0 Å². The third-order valence-electron chi connectivity index (χ3n) is 2.48. The molecule has 0 radical (unpaired) electrons. The highest BCUT2D eigenvalue weighted by molar-refractivity contribution is 5.35. The number of tetrazole rings is 1. The van der Waals surface area contributed by atoms with E-state index in [1.807, 2.05) is 30.3 Å². The number of benzene rings is 1. The van der Waals surface area contributed by atoms with Crippen molar-refractivity contribution in [1.29, 1.82) is 5.26 Å². The van der Waals surface area contributed by atoms with Crippen molar-refractivity contribution in [2.75, 3.05) is 0 Å². The molecule has 0 saturated carbocycles. The molecule has 0 spiro atoms. The number of hydrogen-bond donors (Lipinski definition) is 0. The summed E-state index contributed by atoms with van der Waals surface area (Å²) in [5.74, 6) is 0.0740. The monoisotopic (exact) mass is 227 g/mol. The first-order chi connectivity index (χ1) is 8.00. The van der Waals surface area contributed by atoms with Crippen LogP contribution in [0.4, 0.5) is 0 Å². The van der Waals surface area contributed by atoms with Crippen LogP contribution in [0.5, 0.6) is 0 Å². The van der Waals surface area contributed by atoms with E-state index in [0.717, 1.165) is 5.69 Å². The Morgan fingerprint density at radius 2 is 1.82 bits per heavy atom. The van der Waals surface area contributed by atoms with Gasteiger partial charge >= 0.3 is 0 Å². The van der Waals surface area contributed by atoms with Crippen LogP contribution in [0.1, 0.15) is 32.2 Å². The first-order valence-corrected chi connectivity index (χ1v) is 5.32. The SMILES string of the molecule is CC(C)(C)c1ccc(-n2nnc(C#N)n2)cc1. The molecule has 0 aliphatic carbocycles. The maximum Gasteiger partial charge on any atom is 0.274 e. The second-order valence-corrected chi connectivity index (χ2v) is 4.81. The van der Waals surface area contributed by atoms with Crippen LogP contribution in [0, 0.1) is 11.3 Å². The first-order valence-electron chi connectivity index (χ1n) is 5.32. The van der Waals surface area contributed by atoms with E-state index in [0.29, 0.717) is 0 Å². The van der Waals surface area contributed by atoms with Crippen LogP contribution in [0.25, 0.3) is 5.69 Å². The molecule has 1 aromatic carbocycles. The minimum Gasteiger partial charge on any atom is -0.189 e. The number of aromatic nitrogens is 4. The summed E-state index contributed by atoms with van der Waals surface area (Å²) in [5, 5.41) is 19.9. The molecule has 0 unspecified atom stereocenters. The van der Waals surface area contributed by atoms with E-state index in [2.05, 4.69) is 36.2 Å². The van der Waals surface area contributed by atoms with E-state index in [1.165, 1.54) is 10.4 Å². The van der Waals surface area contributed by atoms with Gasteiger partial charge in [0.1, 0.15) is 6.07 Å². The molecule has 0 fully saturated rings. The lowest BCUT2D eigenvalue weighted by Crippen LogP contribution is -2.11. The quantitative estimate of drug-likeness (QED) is 0.745. The molecule has 86 valence electrons. The van der Waals surface area contributed by atoms with Crippen LogP contribution in [-0.2, 0) is 5.41 Å². The number of rotatable bonds is 1. The van der Waals surface area contributed by atoms with Crippen molar-refractivity contribution >= 4 is 0 Å². The van der Waals surface area contributed by atoms with Gasteiger partial charge in [-0.2, -0.15) is 5.26 Å². The average molecular weight is 227 g/mol. The summed E-state index contributed by atoms with van der Waals surface area (Å²) in [6.07, 6.45) is 0. The van der Waals surface area contributed by atoms with Crippen LogP contribution in [0.3, 0.4) is 0 Å². The summed E-state index contributed by atoms with van der Waals surface area (Å²) >= 11 is 0. The summed E-state index contributed by atoms with van der Waals surface area (Å²) in [6, 6.07) is 9.75. The van der Waals surface area contributed by atoms with Gasteiger partial charge < -0.3 is 0 Å². The van der Waals surface area contributed by atoms with Gasteiger partial charge in [0, 0.05) is 0 Å². The Hall–Kier alpha value is -2.22. The molecule has 1 aromatic heterocycles. The van der Waals surface area contributed by atoms with Gasteiger partial charge in [-0.1, -0.05) is 38.0 Å². The van der Waals surface area contributed by atoms with Gasteiger partial charge in [0.05, 0.1) is 5.69 Å². The minimum atomic E-state index is 0.0740. The Bertz CT molecular complexity index is 554.